The molecule has 0 saturated carbocycles. The van der Waals surface area contributed by atoms with Crippen molar-refractivity contribution < 1.29 is 9.53 Å². The Kier molecular flexibility index (Phi) is 5.26. The lowest BCUT2D eigenvalue weighted by Gasteiger charge is -2.19. The summed E-state index contributed by atoms with van der Waals surface area (Å²) >= 11 is 1.68. The van der Waals surface area contributed by atoms with Crippen molar-refractivity contribution in [1.82, 2.24) is 5.32 Å². The average molecular weight is 378 g/mol. The molecule has 0 fully saturated rings. The molecule has 3 aromatic rings. The minimum absolute atomic E-state index is 0.0159. The summed E-state index contributed by atoms with van der Waals surface area (Å²) in [6.45, 7) is 0. The number of rotatable bonds is 6. The van der Waals surface area contributed by atoms with Gasteiger partial charge in [-0.3, -0.25) is 4.79 Å². The molecule has 1 unspecified atom stereocenters. The number of carbonyl (C=O) groups is 1. The Morgan fingerprint density at radius 2 is 2.00 bits per heavy atom. The normalized spacial score (nSPS) is 13.8. The van der Waals surface area contributed by atoms with Crippen LogP contribution in [0.2, 0.25) is 0 Å². The summed E-state index contributed by atoms with van der Waals surface area (Å²) < 4.78 is 5.26. The number of hydrogen-bond acceptors (Lipinski definition) is 3. The predicted molar refractivity (Wildman–Crippen MR) is 109 cm³/mol. The molecule has 0 bridgehead atoms. The van der Waals surface area contributed by atoms with Gasteiger partial charge in [-0.15, -0.1) is 11.3 Å². The van der Waals surface area contributed by atoms with Crippen LogP contribution in [-0.4, -0.2) is 13.0 Å². The number of thiophene rings is 1. The molecule has 3 nitrogen and oxygen atoms in total. The molecule has 0 saturated heterocycles. The number of hydrogen-bond donors (Lipinski definition) is 1. The lowest BCUT2D eigenvalue weighted by atomic mass is 9.99. The van der Waals surface area contributed by atoms with E-state index in [9.17, 15) is 4.79 Å². The van der Waals surface area contributed by atoms with Crippen molar-refractivity contribution in [3.8, 4) is 5.75 Å². The van der Waals surface area contributed by atoms with Crippen LogP contribution in [0.5, 0.6) is 5.75 Å². The third-order valence-electron chi connectivity index (χ3n) is 5.09. The van der Waals surface area contributed by atoms with E-state index < -0.39 is 0 Å². The third kappa shape index (κ3) is 4.06. The van der Waals surface area contributed by atoms with Crippen molar-refractivity contribution in [2.24, 2.45) is 0 Å². The first-order chi connectivity index (χ1) is 13.2. The fourth-order valence-corrected chi connectivity index (χ4v) is 4.53. The number of aryl methyl sites for hydroxylation is 2. The molecule has 0 aliphatic heterocycles. The van der Waals surface area contributed by atoms with Crippen LogP contribution in [-0.2, 0) is 24.1 Å². The first kappa shape index (κ1) is 17.8. The van der Waals surface area contributed by atoms with Crippen LogP contribution in [0, 0.1) is 0 Å². The van der Waals surface area contributed by atoms with E-state index in [0.717, 1.165) is 28.2 Å². The average Bonchev–Trinajstić information content (AvgIpc) is 3.37. The Bertz CT molecular complexity index is 933. The highest BCUT2D eigenvalue weighted by molar-refractivity contribution is 7.10. The SMILES string of the molecule is COc1cccc(CC(=O)NC(c2ccc3c(c2)CCC3)c2cccs2)c1. The van der Waals surface area contributed by atoms with Crippen LogP contribution in [0.3, 0.4) is 0 Å². The van der Waals surface area contributed by atoms with Gasteiger partial charge in [-0.1, -0.05) is 36.4 Å². The zero-order chi connectivity index (χ0) is 18.6. The molecule has 1 aliphatic carbocycles. The summed E-state index contributed by atoms with van der Waals surface area (Å²) in [6, 6.07) is 18.4. The number of nitrogens with one attached hydrogen (secondary N) is 1. The van der Waals surface area contributed by atoms with Gasteiger partial charge in [-0.05, 0) is 65.1 Å². The van der Waals surface area contributed by atoms with Crippen LogP contribution in [0.15, 0.2) is 60.0 Å². The number of fused-ring (bicyclic) bond motifs is 1. The maximum atomic E-state index is 12.8. The molecule has 27 heavy (non-hydrogen) atoms. The summed E-state index contributed by atoms with van der Waals surface area (Å²) in [5, 5.41) is 5.30. The standard InChI is InChI=1S/C23H23NO2S/c1-26-20-8-2-5-16(13-20)14-22(25)24-23(21-9-4-12-27-21)19-11-10-17-6-3-7-18(17)15-19/h2,4-5,8-13,15,23H,3,6-7,14H2,1H3,(H,24,25). The summed E-state index contributed by atoms with van der Waals surface area (Å²) in [6.07, 6.45) is 3.87. The molecule has 1 heterocycles. The first-order valence-electron chi connectivity index (χ1n) is 9.30. The highest BCUT2D eigenvalue weighted by Crippen LogP contribution is 2.30. The van der Waals surface area contributed by atoms with Gasteiger partial charge in [0.15, 0.2) is 0 Å². The minimum atomic E-state index is -0.103. The van der Waals surface area contributed by atoms with Crippen LogP contribution < -0.4 is 10.1 Å². The zero-order valence-electron chi connectivity index (χ0n) is 15.4. The minimum Gasteiger partial charge on any atom is -0.497 e. The van der Waals surface area contributed by atoms with E-state index in [1.807, 2.05) is 30.3 Å². The molecular formula is C23H23NO2S. The second-order valence-electron chi connectivity index (χ2n) is 6.93. The summed E-state index contributed by atoms with van der Waals surface area (Å²) in [5.41, 5.74) is 4.99. The highest BCUT2D eigenvalue weighted by Gasteiger charge is 2.20. The topological polar surface area (TPSA) is 38.3 Å². The molecular weight excluding hydrogens is 354 g/mol. The van der Waals surface area contributed by atoms with E-state index >= 15 is 0 Å². The van der Waals surface area contributed by atoms with Gasteiger partial charge in [0.05, 0.1) is 19.6 Å². The van der Waals surface area contributed by atoms with E-state index in [-0.39, 0.29) is 11.9 Å². The molecule has 1 N–H and O–H groups in total. The van der Waals surface area contributed by atoms with Crippen molar-refractivity contribution in [2.45, 2.75) is 31.7 Å². The summed E-state index contributed by atoms with van der Waals surface area (Å²) in [7, 11) is 1.64. The number of carbonyl (C=O) groups excluding carboxylic acids is 1. The molecule has 1 atom stereocenters. The van der Waals surface area contributed by atoms with Gasteiger partial charge >= 0.3 is 0 Å². The second-order valence-corrected chi connectivity index (χ2v) is 7.91. The molecule has 2 aromatic carbocycles. The Morgan fingerprint density at radius 1 is 1.11 bits per heavy atom. The van der Waals surface area contributed by atoms with Gasteiger partial charge in [0, 0.05) is 4.88 Å². The lowest BCUT2D eigenvalue weighted by Crippen LogP contribution is -2.30. The van der Waals surface area contributed by atoms with Gasteiger partial charge in [0.25, 0.3) is 0 Å². The predicted octanol–water partition coefficient (Wildman–Crippen LogP) is 4.69. The Hall–Kier alpha value is -2.59. The highest BCUT2D eigenvalue weighted by atomic mass is 32.1. The maximum Gasteiger partial charge on any atom is 0.225 e. The monoisotopic (exact) mass is 377 g/mol. The van der Waals surface area contributed by atoms with E-state index in [0.29, 0.717) is 6.42 Å². The van der Waals surface area contributed by atoms with E-state index in [4.69, 9.17) is 4.74 Å². The van der Waals surface area contributed by atoms with Gasteiger partial charge in [-0.2, -0.15) is 0 Å². The zero-order valence-corrected chi connectivity index (χ0v) is 16.2. The Labute approximate surface area is 164 Å². The van der Waals surface area contributed by atoms with Gasteiger partial charge < -0.3 is 10.1 Å². The Balaban J connectivity index is 1.55. The van der Waals surface area contributed by atoms with E-state index in [2.05, 4.69) is 35.0 Å². The number of methoxy groups -OCH3 is 1. The number of amides is 1. The second kappa shape index (κ2) is 7.97. The third-order valence-corrected chi connectivity index (χ3v) is 6.02. The summed E-state index contributed by atoms with van der Waals surface area (Å²) in [4.78, 5) is 13.9. The summed E-state index contributed by atoms with van der Waals surface area (Å²) in [5.74, 6) is 0.788. The molecule has 4 rings (SSSR count). The maximum absolute atomic E-state index is 12.8. The first-order valence-corrected chi connectivity index (χ1v) is 10.2. The largest absolute Gasteiger partial charge is 0.497 e. The van der Waals surface area contributed by atoms with Crippen LogP contribution in [0.4, 0.5) is 0 Å². The van der Waals surface area contributed by atoms with Crippen molar-refractivity contribution in [2.75, 3.05) is 7.11 Å². The lowest BCUT2D eigenvalue weighted by molar-refractivity contribution is -0.120. The van der Waals surface area contributed by atoms with Crippen molar-refractivity contribution in [3.05, 3.63) is 87.1 Å². The van der Waals surface area contributed by atoms with Crippen LogP contribution >= 0.6 is 11.3 Å². The van der Waals surface area contributed by atoms with Gasteiger partial charge in [0.1, 0.15) is 5.75 Å². The van der Waals surface area contributed by atoms with E-state index in [1.54, 1.807) is 18.4 Å². The van der Waals surface area contributed by atoms with Crippen molar-refractivity contribution in [1.29, 1.82) is 0 Å². The van der Waals surface area contributed by atoms with E-state index in [1.165, 1.54) is 24.0 Å². The molecule has 0 radical (unpaired) electrons. The quantitative estimate of drug-likeness (QED) is 0.676. The van der Waals surface area contributed by atoms with Crippen molar-refractivity contribution in [3.63, 3.8) is 0 Å². The fourth-order valence-electron chi connectivity index (χ4n) is 3.73. The van der Waals surface area contributed by atoms with Crippen molar-refractivity contribution >= 4 is 17.2 Å². The van der Waals surface area contributed by atoms with Crippen LogP contribution in [0.1, 0.15) is 39.6 Å². The number of benzene rings is 2. The molecule has 138 valence electrons. The molecule has 1 amide bonds. The fraction of sp³-hybridized carbons (Fsp3) is 0.261. The smallest absolute Gasteiger partial charge is 0.225 e. The molecule has 4 heteroatoms. The van der Waals surface area contributed by atoms with Gasteiger partial charge in [0.2, 0.25) is 5.91 Å². The number of ether oxygens (including phenoxy) is 1. The van der Waals surface area contributed by atoms with Gasteiger partial charge in [-0.25, -0.2) is 0 Å². The van der Waals surface area contributed by atoms with Crippen LogP contribution in [0.25, 0.3) is 0 Å². The Morgan fingerprint density at radius 3 is 2.81 bits per heavy atom. The molecule has 0 spiro atoms. The molecule has 1 aliphatic rings. The molecule has 1 aromatic heterocycles.